The molecule has 0 aliphatic heterocycles. The molecule has 2 saturated carbocycles. The molecule has 1 unspecified atom stereocenters. The lowest BCUT2D eigenvalue weighted by Gasteiger charge is -2.48. The molecule has 5 atom stereocenters. The summed E-state index contributed by atoms with van der Waals surface area (Å²) in [6.45, 7) is 2.20. The van der Waals surface area contributed by atoms with Crippen molar-refractivity contribution in [1.82, 2.24) is 0 Å². The van der Waals surface area contributed by atoms with Gasteiger partial charge >= 0.3 is 0 Å². The molecule has 5 rings (SSSR count). The van der Waals surface area contributed by atoms with Crippen LogP contribution in [0.15, 0.2) is 42.5 Å². The first-order chi connectivity index (χ1) is 14.4. The highest BCUT2D eigenvalue weighted by Gasteiger charge is 2.57. The fourth-order valence-corrected chi connectivity index (χ4v) is 6.82. The van der Waals surface area contributed by atoms with Crippen molar-refractivity contribution in [3.8, 4) is 5.75 Å². The smallest absolute Gasteiger partial charge is 0.248 e. The maximum Gasteiger partial charge on any atom is 0.248 e. The summed E-state index contributed by atoms with van der Waals surface area (Å²) in [4.78, 5) is 25.1. The van der Waals surface area contributed by atoms with Crippen molar-refractivity contribution in [2.75, 3.05) is 0 Å². The summed E-state index contributed by atoms with van der Waals surface area (Å²) in [5.74, 6) is 1.79. The van der Waals surface area contributed by atoms with Gasteiger partial charge in [0.05, 0.1) is 0 Å². The number of ketones is 1. The van der Waals surface area contributed by atoms with Gasteiger partial charge < -0.3 is 10.8 Å². The van der Waals surface area contributed by atoms with Gasteiger partial charge in [0.25, 0.3) is 0 Å². The summed E-state index contributed by atoms with van der Waals surface area (Å²) in [6.07, 6.45) is 5.69. The Balaban J connectivity index is 1.41. The molecule has 4 heteroatoms. The van der Waals surface area contributed by atoms with Gasteiger partial charge in [0.1, 0.15) is 11.5 Å². The maximum absolute atomic E-state index is 13.5. The second-order valence-electron chi connectivity index (χ2n) is 9.82. The number of carbonyl (C=O) groups excluding carboxylic acids is 2. The molecule has 3 aliphatic rings. The molecule has 0 spiro atoms. The van der Waals surface area contributed by atoms with E-state index in [1.807, 2.05) is 30.3 Å². The highest BCUT2D eigenvalue weighted by molar-refractivity contribution is 5.93. The summed E-state index contributed by atoms with van der Waals surface area (Å²) in [5.41, 5.74) is 9.40. The van der Waals surface area contributed by atoms with E-state index in [2.05, 4.69) is 13.0 Å². The molecule has 2 aromatic carbocycles. The number of Topliss-reactive ketones (excluding diaryl/α,β-unsaturated/α-hetero) is 1. The van der Waals surface area contributed by atoms with Crippen molar-refractivity contribution in [3.05, 3.63) is 64.7 Å². The predicted molar refractivity (Wildman–Crippen MR) is 115 cm³/mol. The van der Waals surface area contributed by atoms with E-state index in [9.17, 15) is 14.7 Å². The Bertz CT molecular complexity index is 1030. The van der Waals surface area contributed by atoms with Gasteiger partial charge in [-0.1, -0.05) is 25.1 Å². The van der Waals surface area contributed by atoms with E-state index in [1.54, 1.807) is 6.07 Å². The second-order valence-corrected chi connectivity index (χ2v) is 9.82. The van der Waals surface area contributed by atoms with Gasteiger partial charge in [-0.3, -0.25) is 9.59 Å². The van der Waals surface area contributed by atoms with E-state index in [1.165, 1.54) is 11.1 Å². The fraction of sp³-hybridized carbons (Fsp3) is 0.462. The van der Waals surface area contributed by atoms with Crippen LogP contribution in [0.2, 0.25) is 0 Å². The minimum absolute atomic E-state index is 0.0168. The van der Waals surface area contributed by atoms with Crippen molar-refractivity contribution in [3.63, 3.8) is 0 Å². The minimum Gasteiger partial charge on any atom is -0.508 e. The molecule has 30 heavy (non-hydrogen) atoms. The number of amides is 1. The molecule has 156 valence electrons. The number of hydrogen-bond acceptors (Lipinski definition) is 3. The Hall–Kier alpha value is -2.62. The van der Waals surface area contributed by atoms with Crippen LogP contribution >= 0.6 is 0 Å². The number of benzene rings is 2. The maximum atomic E-state index is 13.5. The SMILES string of the molecule is C[C@@]12CC[C@@H]3c4ccc(O)cc4CC[C@H]3[C@@H]1CC(Cc1cccc(C(N)=O)c1)C2=O. The number of carbonyl (C=O) groups is 2. The van der Waals surface area contributed by atoms with Gasteiger partial charge in [0.2, 0.25) is 5.91 Å². The first-order valence-electron chi connectivity index (χ1n) is 11.1. The van der Waals surface area contributed by atoms with Gasteiger partial charge in [-0.25, -0.2) is 0 Å². The van der Waals surface area contributed by atoms with Gasteiger partial charge in [0, 0.05) is 16.9 Å². The molecule has 1 amide bonds. The number of aryl methyl sites for hydroxylation is 1. The summed E-state index contributed by atoms with van der Waals surface area (Å²) in [7, 11) is 0. The quantitative estimate of drug-likeness (QED) is 0.798. The summed E-state index contributed by atoms with van der Waals surface area (Å²) in [5, 5.41) is 9.87. The number of nitrogens with two attached hydrogens (primary N) is 1. The van der Waals surface area contributed by atoms with Crippen LogP contribution in [0.1, 0.15) is 65.6 Å². The van der Waals surface area contributed by atoms with Crippen molar-refractivity contribution in [2.45, 2.75) is 51.4 Å². The zero-order chi connectivity index (χ0) is 21.0. The number of fused-ring (bicyclic) bond motifs is 5. The minimum atomic E-state index is -0.426. The zero-order valence-electron chi connectivity index (χ0n) is 17.4. The third kappa shape index (κ3) is 2.96. The average Bonchev–Trinajstić information content (AvgIpc) is 2.98. The van der Waals surface area contributed by atoms with Crippen molar-refractivity contribution >= 4 is 11.7 Å². The lowest BCUT2D eigenvalue weighted by molar-refractivity contribution is -0.131. The number of phenolic OH excluding ortho intramolecular Hbond substituents is 1. The molecule has 0 aromatic heterocycles. The molecule has 0 saturated heterocycles. The van der Waals surface area contributed by atoms with Crippen LogP contribution in [0.3, 0.4) is 0 Å². The molecule has 0 radical (unpaired) electrons. The highest BCUT2D eigenvalue weighted by atomic mass is 16.3. The molecule has 2 fully saturated rings. The van der Waals surface area contributed by atoms with Crippen LogP contribution < -0.4 is 5.73 Å². The Kier molecular flexibility index (Phi) is 4.49. The van der Waals surface area contributed by atoms with Crippen LogP contribution in [-0.2, 0) is 17.6 Å². The van der Waals surface area contributed by atoms with E-state index in [-0.39, 0.29) is 11.3 Å². The first kappa shape index (κ1) is 19.3. The molecule has 3 N–H and O–H groups in total. The van der Waals surface area contributed by atoms with Gasteiger partial charge in [0.15, 0.2) is 0 Å². The first-order valence-corrected chi connectivity index (χ1v) is 11.1. The van der Waals surface area contributed by atoms with Gasteiger partial charge in [-0.15, -0.1) is 0 Å². The lowest BCUT2D eigenvalue weighted by Crippen LogP contribution is -2.42. The molecule has 4 nitrogen and oxygen atoms in total. The van der Waals surface area contributed by atoms with Crippen molar-refractivity contribution in [2.24, 2.45) is 28.9 Å². The number of rotatable bonds is 3. The third-order valence-electron chi connectivity index (χ3n) is 8.27. The van der Waals surface area contributed by atoms with Crippen molar-refractivity contribution < 1.29 is 14.7 Å². The molecule has 0 bridgehead atoms. The summed E-state index contributed by atoms with van der Waals surface area (Å²) < 4.78 is 0. The van der Waals surface area contributed by atoms with Crippen molar-refractivity contribution in [1.29, 1.82) is 0 Å². The largest absolute Gasteiger partial charge is 0.508 e. The monoisotopic (exact) mass is 403 g/mol. The Morgan fingerprint density at radius 1 is 1.20 bits per heavy atom. The fourth-order valence-electron chi connectivity index (χ4n) is 6.82. The van der Waals surface area contributed by atoms with Crippen LogP contribution in [-0.4, -0.2) is 16.8 Å². The van der Waals surface area contributed by atoms with E-state index < -0.39 is 5.91 Å². The highest BCUT2D eigenvalue weighted by Crippen LogP contribution is 2.61. The van der Waals surface area contributed by atoms with Gasteiger partial charge in [-0.2, -0.15) is 0 Å². The van der Waals surface area contributed by atoms with E-state index in [0.717, 1.165) is 37.7 Å². The Morgan fingerprint density at radius 3 is 2.83 bits per heavy atom. The number of phenols is 1. The zero-order valence-corrected chi connectivity index (χ0v) is 17.4. The second kappa shape index (κ2) is 6.97. The van der Waals surface area contributed by atoms with E-state index >= 15 is 0 Å². The molecule has 2 aromatic rings. The molecule has 3 aliphatic carbocycles. The average molecular weight is 404 g/mol. The lowest BCUT2D eigenvalue weighted by atomic mass is 9.55. The van der Waals surface area contributed by atoms with Crippen LogP contribution in [0.25, 0.3) is 0 Å². The van der Waals surface area contributed by atoms with Gasteiger partial charge in [-0.05, 0) is 97.2 Å². The van der Waals surface area contributed by atoms with Crippen LogP contribution in [0.4, 0.5) is 0 Å². The molecule has 0 heterocycles. The normalized spacial score (nSPS) is 32.2. The van der Waals surface area contributed by atoms with Crippen LogP contribution in [0.5, 0.6) is 5.75 Å². The Morgan fingerprint density at radius 2 is 2.03 bits per heavy atom. The number of hydrogen-bond donors (Lipinski definition) is 2. The van der Waals surface area contributed by atoms with Crippen LogP contribution in [0, 0.1) is 23.2 Å². The Labute approximate surface area is 177 Å². The van der Waals surface area contributed by atoms with E-state index in [0.29, 0.717) is 41.3 Å². The predicted octanol–water partition coefficient (Wildman–Crippen LogP) is 4.39. The standard InChI is InChI=1S/C26H29NO3/c1-26-10-9-21-20-8-6-19(28)13-16(20)5-7-22(21)23(26)14-18(24(26)29)12-15-3-2-4-17(11-15)25(27)30/h2-4,6,8,11,13,18,21-23,28H,5,7,9-10,12,14H2,1H3,(H2,27,30)/t18?,21-,22-,23+,26-/m1/s1. The third-order valence-corrected chi connectivity index (χ3v) is 8.27. The summed E-state index contributed by atoms with van der Waals surface area (Å²) >= 11 is 0. The summed E-state index contributed by atoms with van der Waals surface area (Å²) in [6, 6.07) is 13.3. The van der Waals surface area contributed by atoms with E-state index in [4.69, 9.17) is 5.73 Å². The topological polar surface area (TPSA) is 80.4 Å². The molecular weight excluding hydrogens is 374 g/mol. The number of primary amides is 1. The molecular formula is C26H29NO3. The number of aromatic hydroxyl groups is 1.